The zero-order valence-electron chi connectivity index (χ0n) is 9.19. The summed E-state index contributed by atoms with van der Waals surface area (Å²) in [6, 6.07) is 3.59. The Kier molecular flexibility index (Phi) is 4.21. The highest BCUT2D eigenvalue weighted by atomic mass is 16.1. The lowest BCUT2D eigenvalue weighted by atomic mass is 10.3. The quantitative estimate of drug-likeness (QED) is 0.759. The second-order valence-corrected chi connectivity index (χ2v) is 3.48. The summed E-state index contributed by atoms with van der Waals surface area (Å²) < 4.78 is 0. The lowest BCUT2D eigenvalue weighted by Crippen LogP contribution is -2.35. The highest BCUT2D eigenvalue weighted by Gasteiger charge is 2.06. The van der Waals surface area contributed by atoms with E-state index in [0.29, 0.717) is 11.4 Å². The van der Waals surface area contributed by atoms with E-state index in [1.165, 1.54) is 12.3 Å². The number of hydrogen-bond acceptors (Lipinski definition) is 5. The summed E-state index contributed by atoms with van der Waals surface area (Å²) in [5.74, 6) is 0.174. The molecule has 0 aliphatic carbocycles. The van der Waals surface area contributed by atoms with Crippen LogP contribution in [-0.2, 0) is 4.79 Å². The first-order valence-corrected chi connectivity index (χ1v) is 4.88. The Morgan fingerprint density at radius 2 is 2.38 bits per heavy atom. The largest absolute Gasteiger partial charge is 0.358 e. The molecule has 1 aromatic rings. The number of amides is 1. The topological polar surface area (TPSA) is 90.7 Å². The van der Waals surface area contributed by atoms with E-state index < -0.39 is 0 Å². The number of nitrogens with zero attached hydrogens (tertiary/aromatic N) is 3. The van der Waals surface area contributed by atoms with Crippen LogP contribution in [0.1, 0.15) is 19.4 Å². The summed E-state index contributed by atoms with van der Waals surface area (Å²) in [5, 5.41) is 21.6. The van der Waals surface area contributed by atoms with Crippen molar-refractivity contribution in [1.82, 2.24) is 15.5 Å². The molecule has 1 aromatic heterocycles. The Morgan fingerprint density at radius 1 is 1.62 bits per heavy atom. The fourth-order valence-electron chi connectivity index (χ4n) is 1.09. The summed E-state index contributed by atoms with van der Waals surface area (Å²) in [6.07, 6.45) is 1.43. The van der Waals surface area contributed by atoms with Gasteiger partial charge in [-0.15, -0.1) is 5.10 Å². The molecule has 1 heterocycles. The van der Waals surface area contributed by atoms with Crippen molar-refractivity contribution in [2.24, 2.45) is 0 Å². The van der Waals surface area contributed by atoms with E-state index in [-0.39, 0.29) is 18.5 Å². The van der Waals surface area contributed by atoms with Crippen LogP contribution < -0.4 is 10.6 Å². The molecule has 84 valence electrons. The van der Waals surface area contributed by atoms with Gasteiger partial charge in [0.15, 0.2) is 5.82 Å². The SMILES string of the molecule is CC(C)NC(=O)CNc1nnccc1C#N. The maximum Gasteiger partial charge on any atom is 0.239 e. The summed E-state index contributed by atoms with van der Waals surface area (Å²) >= 11 is 0. The number of carbonyl (C=O) groups is 1. The Morgan fingerprint density at radius 3 is 3.00 bits per heavy atom. The average molecular weight is 219 g/mol. The first kappa shape index (κ1) is 11.9. The zero-order valence-corrected chi connectivity index (χ0v) is 9.19. The molecule has 0 aliphatic heterocycles. The van der Waals surface area contributed by atoms with E-state index in [1.807, 2.05) is 19.9 Å². The van der Waals surface area contributed by atoms with Gasteiger partial charge in [-0.3, -0.25) is 4.79 Å². The van der Waals surface area contributed by atoms with Crippen molar-refractivity contribution in [3.05, 3.63) is 17.8 Å². The van der Waals surface area contributed by atoms with Crippen LogP contribution in [0.15, 0.2) is 12.3 Å². The van der Waals surface area contributed by atoms with Gasteiger partial charge in [-0.25, -0.2) is 0 Å². The van der Waals surface area contributed by atoms with Crippen molar-refractivity contribution in [2.45, 2.75) is 19.9 Å². The number of rotatable bonds is 4. The predicted octanol–water partition coefficient (Wildman–Crippen LogP) is 0.285. The smallest absolute Gasteiger partial charge is 0.239 e. The molecule has 0 aromatic carbocycles. The molecule has 1 rings (SSSR count). The van der Waals surface area contributed by atoms with Gasteiger partial charge in [0.25, 0.3) is 0 Å². The molecule has 0 fully saturated rings. The third-order valence-corrected chi connectivity index (χ3v) is 1.71. The van der Waals surface area contributed by atoms with Gasteiger partial charge in [0.1, 0.15) is 6.07 Å². The van der Waals surface area contributed by atoms with Crippen LogP contribution in [-0.4, -0.2) is 28.7 Å². The number of nitriles is 1. The van der Waals surface area contributed by atoms with Gasteiger partial charge in [-0.05, 0) is 19.9 Å². The third-order valence-electron chi connectivity index (χ3n) is 1.71. The van der Waals surface area contributed by atoms with Crippen LogP contribution in [0.5, 0.6) is 0 Å². The van der Waals surface area contributed by atoms with Crippen molar-refractivity contribution in [1.29, 1.82) is 5.26 Å². The van der Waals surface area contributed by atoms with E-state index in [4.69, 9.17) is 5.26 Å². The summed E-state index contributed by atoms with van der Waals surface area (Å²) in [6.45, 7) is 3.83. The molecule has 2 N–H and O–H groups in total. The van der Waals surface area contributed by atoms with Crippen molar-refractivity contribution in [2.75, 3.05) is 11.9 Å². The van der Waals surface area contributed by atoms with E-state index >= 15 is 0 Å². The van der Waals surface area contributed by atoms with Crippen molar-refractivity contribution >= 4 is 11.7 Å². The van der Waals surface area contributed by atoms with Crippen LogP contribution >= 0.6 is 0 Å². The molecule has 0 bridgehead atoms. The Labute approximate surface area is 93.7 Å². The molecule has 0 saturated heterocycles. The molecule has 0 unspecified atom stereocenters. The molecule has 0 saturated carbocycles. The standard InChI is InChI=1S/C10H13N5O/c1-7(2)14-9(16)6-12-10-8(5-11)3-4-13-15-10/h3-4,7H,6H2,1-2H3,(H,12,15)(H,14,16). The van der Waals surface area contributed by atoms with Gasteiger partial charge in [0, 0.05) is 6.04 Å². The maximum absolute atomic E-state index is 11.3. The van der Waals surface area contributed by atoms with Gasteiger partial charge >= 0.3 is 0 Å². The number of nitrogens with one attached hydrogen (secondary N) is 2. The fraction of sp³-hybridized carbons (Fsp3) is 0.400. The van der Waals surface area contributed by atoms with E-state index in [1.54, 1.807) is 0 Å². The van der Waals surface area contributed by atoms with Crippen molar-refractivity contribution < 1.29 is 4.79 Å². The molecule has 1 amide bonds. The highest BCUT2D eigenvalue weighted by Crippen LogP contribution is 2.06. The molecule has 6 heteroatoms. The van der Waals surface area contributed by atoms with Crippen LogP contribution in [0.4, 0.5) is 5.82 Å². The first-order chi connectivity index (χ1) is 7.63. The summed E-state index contributed by atoms with van der Waals surface area (Å²) in [5.41, 5.74) is 0.368. The third kappa shape index (κ3) is 3.53. The van der Waals surface area contributed by atoms with Crippen LogP contribution in [0.3, 0.4) is 0 Å². The molecule has 0 aliphatic rings. The van der Waals surface area contributed by atoms with Gasteiger partial charge in [-0.1, -0.05) is 0 Å². The van der Waals surface area contributed by atoms with Crippen LogP contribution in [0, 0.1) is 11.3 Å². The number of anilines is 1. The second-order valence-electron chi connectivity index (χ2n) is 3.48. The summed E-state index contributed by atoms with van der Waals surface area (Å²) in [7, 11) is 0. The molecular weight excluding hydrogens is 206 g/mol. The number of hydrogen-bond donors (Lipinski definition) is 2. The van der Waals surface area contributed by atoms with Gasteiger partial charge in [0.05, 0.1) is 18.3 Å². The van der Waals surface area contributed by atoms with E-state index in [9.17, 15) is 4.79 Å². The second kappa shape index (κ2) is 5.66. The monoisotopic (exact) mass is 219 g/mol. The zero-order chi connectivity index (χ0) is 12.0. The minimum atomic E-state index is -0.149. The Bertz CT molecular complexity index is 410. The highest BCUT2D eigenvalue weighted by molar-refractivity contribution is 5.80. The number of aromatic nitrogens is 2. The Hall–Kier alpha value is -2.16. The first-order valence-electron chi connectivity index (χ1n) is 4.88. The van der Waals surface area contributed by atoms with Gasteiger partial charge in [-0.2, -0.15) is 10.4 Å². The molecule has 6 nitrogen and oxygen atoms in total. The molecule has 0 atom stereocenters. The lowest BCUT2D eigenvalue weighted by molar-refractivity contribution is -0.119. The minimum absolute atomic E-state index is 0.0750. The molecule has 0 radical (unpaired) electrons. The van der Waals surface area contributed by atoms with Gasteiger partial charge in [0.2, 0.25) is 5.91 Å². The lowest BCUT2D eigenvalue weighted by Gasteiger charge is -2.09. The van der Waals surface area contributed by atoms with Crippen molar-refractivity contribution in [3.63, 3.8) is 0 Å². The molecule has 16 heavy (non-hydrogen) atoms. The predicted molar refractivity (Wildman–Crippen MR) is 58.5 cm³/mol. The average Bonchev–Trinajstić information content (AvgIpc) is 2.26. The molecule has 0 spiro atoms. The minimum Gasteiger partial charge on any atom is -0.358 e. The van der Waals surface area contributed by atoms with Crippen LogP contribution in [0.25, 0.3) is 0 Å². The maximum atomic E-state index is 11.3. The summed E-state index contributed by atoms with van der Waals surface area (Å²) in [4.78, 5) is 11.3. The molecular formula is C10H13N5O. The Balaban J connectivity index is 2.55. The van der Waals surface area contributed by atoms with E-state index in [0.717, 1.165) is 0 Å². The van der Waals surface area contributed by atoms with E-state index in [2.05, 4.69) is 20.8 Å². The number of carbonyl (C=O) groups excluding carboxylic acids is 1. The van der Waals surface area contributed by atoms with Gasteiger partial charge < -0.3 is 10.6 Å². The van der Waals surface area contributed by atoms with Crippen LogP contribution in [0.2, 0.25) is 0 Å². The fourth-order valence-corrected chi connectivity index (χ4v) is 1.09. The normalized spacial score (nSPS) is 9.62. The van der Waals surface area contributed by atoms with Crippen molar-refractivity contribution in [3.8, 4) is 6.07 Å².